The smallest absolute Gasteiger partial charge is 0.416 e. The monoisotopic (exact) mass is 301 g/mol. The van der Waals surface area contributed by atoms with Crippen LogP contribution in [0, 0.1) is 0 Å². The zero-order valence-electron chi connectivity index (χ0n) is 11.8. The van der Waals surface area contributed by atoms with E-state index in [1.54, 1.807) is 6.07 Å². The highest BCUT2D eigenvalue weighted by Crippen LogP contribution is 2.31. The van der Waals surface area contributed by atoms with Gasteiger partial charge in [-0.05, 0) is 37.6 Å². The molecule has 1 fully saturated rings. The van der Waals surface area contributed by atoms with Gasteiger partial charge in [-0.3, -0.25) is 4.79 Å². The molecule has 1 aromatic rings. The minimum Gasteiger partial charge on any atom is -0.469 e. The number of hydrogen-bond acceptors (Lipinski definition) is 3. The molecule has 1 atom stereocenters. The molecule has 1 saturated heterocycles. The van der Waals surface area contributed by atoms with Gasteiger partial charge in [0.25, 0.3) is 0 Å². The molecule has 0 unspecified atom stereocenters. The van der Waals surface area contributed by atoms with Crippen LogP contribution >= 0.6 is 0 Å². The quantitative estimate of drug-likeness (QED) is 0.801. The highest BCUT2D eigenvalue weighted by Gasteiger charge is 2.32. The van der Waals surface area contributed by atoms with Gasteiger partial charge in [0.15, 0.2) is 0 Å². The second-order valence-corrected chi connectivity index (χ2v) is 5.21. The summed E-state index contributed by atoms with van der Waals surface area (Å²) in [6.45, 7) is 2.13. The third-order valence-corrected chi connectivity index (χ3v) is 3.74. The average molecular weight is 301 g/mol. The number of rotatable bonds is 4. The lowest BCUT2D eigenvalue weighted by Crippen LogP contribution is -2.30. The molecule has 1 aliphatic heterocycles. The van der Waals surface area contributed by atoms with Crippen LogP contribution in [0.3, 0.4) is 0 Å². The summed E-state index contributed by atoms with van der Waals surface area (Å²) in [6.07, 6.45) is -2.31. The molecule has 0 amide bonds. The number of halogens is 3. The maximum Gasteiger partial charge on any atom is 0.416 e. The molecule has 6 heteroatoms. The Kier molecular flexibility index (Phi) is 4.88. The van der Waals surface area contributed by atoms with E-state index in [9.17, 15) is 18.0 Å². The van der Waals surface area contributed by atoms with Gasteiger partial charge < -0.3 is 9.64 Å². The number of ether oxygens (including phenoxy) is 1. The van der Waals surface area contributed by atoms with E-state index in [0.717, 1.165) is 38.1 Å². The summed E-state index contributed by atoms with van der Waals surface area (Å²) in [5, 5.41) is 0. The molecule has 1 heterocycles. The Bertz CT molecular complexity index is 496. The van der Waals surface area contributed by atoms with Crippen molar-refractivity contribution in [1.82, 2.24) is 4.90 Å². The maximum atomic E-state index is 12.8. The van der Waals surface area contributed by atoms with Crippen LogP contribution < -0.4 is 0 Å². The van der Waals surface area contributed by atoms with E-state index in [1.807, 2.05) is 0 Å². The lowest BCUT2D eigenvalue weighted by atomic mass is 9.96. The van der Waals surface area contributed by atoms with Gasteiger partial charge in [-0.15, -0.1) is 0 Å². The molecule has 1 aliphatic rings. The molecule has 3 nitrogen and oxygen atoms in total. The van der Waals surface area contributed by atoms with Crippen LogP contribution in [0.1, 0.15) is 29.9 Å². The van der Waals surface area contributed by atoms with Crippen molar-refractivity contribution in [2.45, 2.75) is 24.9 Å². The van der Waals surface area contributed by atoms with E-state index in [4.69, 9.17) is 4.74 Å². The lowest BCUT2D eigenvalue weighted by molar-refractivity contribution is -0.143. The van der Waals surface area contributed by atoms with Crippen LogP contribution in [0.4, 0.5) is 13.2 Å². The number of esters is 1. The number of carbonyl (C=O) groups excluding carboxylic acids is 1. The standard InChI is InChI=1S/C15H18F3NO2/c1-21-14(20)13(10-19-7-2-3-8-19)11-5-4-6-12(9-11)15(16,17)18/h4-6,9,13H,2-3,7-8,10H2,1H3/t13-/m1/s1. The molecule has 0 spiro atoms. The average Bonchev–Trinajstić information content (AvgIpc) is 2.96. The minimum atomic E-state index is -4.41. The predicted octanol–water partition coefficient (Wildman–Crippen LogP) is 3.06. The number of alkyl halides is 3. The Hall–Kier alpha value is -1.56. The second kappa shape index (κ2) is 6.47. The fourth-order valence-electron chi connectivity index (χ4n) is 2.61. The van der Waals surface area contributed by atoms with Gasteiger partial charge in [0.2, 0.25) is 0 Å². The van der Waals surface area contributed by atoms with Gasteiger partial charge in [0.1, 0.15) is 0 Å². The van der Waals surface area contributed by atoms with Crippen molar-refractivity contribution in [3.63, 3.8) is 0 Å². The first-order valence-electron chi connectivity index (χ1n) is 6.89. The van der Waals surface area contributed by atoms with E-state index in [0.29, 0.717) is 12.1 Å². The lowest BCUT2D eigenvalue weighted by Gasteiger charge is -2.22. The highest BCUT2D eigenvalue weighted by atomic mass is 19.4. The molecule has 1 aromatic carbocycles. The Morgan fingerprint density at radius 2 is 2.00 bits per heavy atom. The van der Waals surface area contributed by atoms with Gasteiger partial charge in [-0.25, -0.2) is 0 Å². The molecule has 0 bridgehead atoms. The van der Waals surface area contributed by atoms with Crippen molar-refractivity contribution >= 4 is 5.97 Å². The van der Waals surface area contributed by atoms with E-state index in [2.05, 4.69) is 4.90 Å². The predicted molar refractivity (Wildman–Crippen MR) is 71.9 cm³/mol. The summed E-state index contributed by atoms with van der Waals surface area (Å²) in [7, 11) is 1.26. The SMILES string of the molecule is COC(=O)[C@H](CN1CCCC1)c1cccc(C(F)(F)F)c1. The van der Waals surface area contributed by atoms with Crippen LogP contribution in [0.15, 0.2) is 24.3 Å². The van der Waals surface area contributed by atoms with Gasteiger partial charge in [-0.1, -0.05) is 18.2 Å². The number of methoxy groups -OCH3 is 1. The summed E-state index contributed by atoms with van der Waals surface area (Å²) in [5.41, 5.74) is -0.390. The second-order valence-electron chi connectivity index (χ2n) is 5.21. The normalized spacial score (nSPS) is 17.7. The van der Waals surface area contributed by atoms with E-state index >= 15 is 0 Å². The van der Waals surface area contributed by atoms with Gasteiger partial charge in [0.05, 0.1) is 18.6 Å². The molecule has 0 radical (unpaired) electrons. The third kappa shape index (κ3) is 3.97. The summed E-state index contributed by atoms with van der Waals surface area (Å²) in [4.78, 5) is 14.0. The Labute approximate surface area is 121 Å². The number of hydrogen-bond donors (Lipinski definition) is 0. The van der Waals surface area contributed by atoms with Crippen molar-refractivity contribution in [2.75, 3.05) is 26.7 Å². The van der Waals surface area contributed by atoms with Gasteiger partial charge >= 0.3 is 12.1 Å². The summed E-state index contributed by atoms with van der Waals surface area (Å²) in [6, 6.07) is 4.93. The third-order valence-electron chi connectivity index (χ3n) is 3.74. The molecular weight excluding hydrogens is 283 g/mol. The van der Waals surface area contributed by atoms with E-state index in [1.165, 1.54) is 13.2 Å². The minimum absolute atomic E-state index is 0.351. The highest BCUT2D eigenvalue weighted by molar-refractivity contribution is 5.78. The molecule has 116 valence electrons. The Balaban J connectivity index is 2.25. The first-order valence-corrected chi connectivity index (χ1v) is 6.89. The Morgan fingerprint density at radius 3 is 2.57 bits per heavy atom. The zero-order valence-corrected chi connectivity index (χ0v) is 11.8. The van der Waals surface area contributed by atoms with E-state index < -0.39 is 23.6 Å². The Morgan fingerprint density at radius 1 is 1.33 bits per heavy atom. The van der Waals surface area contributed by atoms with Crippen LogP contribution in [-0.4, -0.2) is 37.6 Å². The van der Waals surface area contributed by atoms with Crippen LogP contribution in [0.25, 0.3) is 0 Å². The molecular formula is C15H18F3NO2. The van der Waals surface area contributed by atoms with Crippen molar-refractivity contribution in [2.24, 2.45) is 0 Å². The van der Waals surface area contributed by atoms with Crippen molar-refractivity contribution in [3.8, 4) is 0 Å². The summed E-state index contributed by atoms with van der Waals surface area (Å²) >= 11 is 0. The van der Waals surface area contributed by atoms with Crippen molar-refractivity contribution in [1.29, 1.82) is 0 Å². The van der Waals surface area contributed by atoms with Crippen LogP contribution in [0.5, 0.6) is 0 Å². The first-order chi connectivity index (χ1) is 9.91. The first kappa shape index (κ1) is 15.8. The number of carbonyl (C=O) groups is 1. The van der Waals surface area contributed by atoms with Crippen LogP contribution in [0.2, 0.25) is 0 Å². The largest absolute Gasteiger partial charge is 0.469 e. The van der Waals surface area contributed by atoms with E-state index in [-0.39, 0.29) is 0 Å². The fourth-order valence-corrected chi connectivity index (χ4v) is 2.61. The number of likely N-dealkylation sites (tertiary alicyclic amines) is 1. The molecule has 21 heavy (non-hydrogen) atoms. The molecule has 0 aromatic heterocycles. The van der Waals surface area contributed by atoms with Crippen LogP contribution in [-0.2, 0) is 15.7 Å². The molecule has 0 aliphatic carbocycles. The number of benzene rings is 1. The topological polar surface area (TPSA) is 29.5 Å². The molecule has 0 N–H and O–H groups in total. The van der Waals surface area contributed by atoms with Crippen molar-refractivity contribution < 1.29 is 22.7 Å². The zero-order chi connectivity index (χ0) is 15.5. The molecule has 2 rings (SSSR count). The van der Waals surface area contributed by atoms with Gasteiger partial charge in [0, 0.05) is 6.54 Å². The fraction of sp³-hybridized carbons (Fsp3) is 0.533. The number of nitrogens with zero attached hydrogens (tertiary/aromatic N) is 1. The molecule has 0 saturated carbocycles. The van der Waals surface area contributed by atoms with Gasteiger partial charge in [-0.2, -0.15) is 13.2 Å². The van der Waals surface area contributed by atoms with Crippen molar-refractivity contribution in [3.05, 3.63) is 35.4 Å². The summed E-state index contributed by atoms with van der Waals surface area (Å²) < 4.78 is 43.1. The summed E-state index contributed by atoms with van der Waals surface area (Å²) in [5.74, 6) is -1.18. The maximum absolute atomic E-state index is 12.8.